The molecule has 1 atom stereocenters. The molecule has 0 aromatic heterocycles. The van der Waals surface area contributed by atoms with E-state index in [4.69, 9.17) is 18.9 Å². The van der Waals surface area contributed by atoms with E-state index in [-0.39, 0.29) is 19.0 Å². The van der Waals surface area contributed by atoms with Crippen molar-refractivity contribution in [3.05, 3.63) is 81.2 Å². The highest BCUT2D eigenvalue weighted by Crippen LogP contribution is 2.44. The van der Waals surface area contributed by atoms with Crippen LogP contribution in [0.25, 0.3) is 0 Å². The summed E-state index contributed by atoms with van der Waals surface area (Å²) in [5, 5.41) is 0. The first-order valence-corrected chi connectivity index (χ1v) is 13.5. The lowest BCUT2D eigenvalue weighted by atomic mass is 9.79. The van der Waals surface area contributed by atoms with E-state index in [9.17, 15) is 22.8 Å². The van der Waals surface area contributed by atoms with Gasteiger partial charge in [-0.05, 0) is 59.9 Å². The van der Waals surface area contributed by atoms with Gasteiger partial charge in [-0.25, -0.2) is 4.79 Å². The molecule has 0 radical (unpaired) electrons. The molecule has 234 valence electrons. The highest BCUT2D eigenvalue weighted by Gasteiger charge is 2.38. The number of ether oxygens (including phenoxy) is 4. The molecule has 2 aromatic carbocycles. The molecule has 2 aliphatic rings. The highest BCUT2D eigenvalue weighted by molar-refractivity contribution is 5.92. The standard InChI is InChI=1S/C31H35F3N2O6.ClH/c1-19-24(17-42-18-37)28(20-6-8-23(9-7-20)31(32,33)34)29(30(38)41-5)25(35(19)2)11-13-36-12-10-21-14-26(39-3)27(40-4)15-22(21)16-36;/h6-9,14-15,18,28H,10-13,16-17H2,1-5H3;1H. The predicted octanol–water partition coefficient (Wildman–Crippen LogP) is 5.50. The molecule has 12 heteroatoms. The maximum Gasteiger partial charge on any atom is 0.416 e. The van der Waals surface area contributed by atoms with Crippen LogP contribution in [-0.2, 0) is 38.2 Å². The van der Waals surface area contributed by atoms with E-state index in [0.29, 0.717) is 59.9 Å². The lowest BCUT2D eigenvalue weighted by Gasteiger charge is -2.38. The molecule has 2 aliphatic heterocycles. The number of hydrogen-bond donors (Lipinski definition) is 0. The topological polar surface area (TPSA) is 77.5 Å². The van der Waals surface area contributed by atoms with Gasteiger partial charge < -0.3 is 23.8 Å². The molecule has 8 nitrogen and oxygen atoms in total. The number of esters is 1. The number of fused-ring (bicyclic) bond motifs is 1. The van der Waals surface area contributed by atoms with Crippen molar-refractivity contribution in [1.82, 2.24) is 9.80 Å². The molecule has 1 unspecified atom stereocenters. The molecular weight excluding hydrogens is 589 g/mol. The summed E-state index contributed by atoms with van der Waals surface area (Å²) in [6.07, 6.45) is -3.22. The summed E-state index contributed by atoms with van der Waals surface area (Å²) < 4.78 is 61.2. The summed E-state index contributed by atoms with van der Waals surface area (Å²) in [5.74, 6) is -0.0123. The molecule has 0 saturated heterocycles. The number of carbonyl (C=O) groups excluding carboxylic acids is 2. The summed E-state index contributed by atoms with van der Waals surface area (Å²) in [7, 11) is 6.30. The Kier molecular flexibility index (Phi) is 11.1. The summed E-state index contributed by atoms with van der Waals surface area (Å²) in [6.45, 7) is 4.10. The van der Waals surface area contributed by atoms with Crippen LogP contribution in [0.3, 0.4) is 0 Å². The van der Waals surface area contributed by atoms with Gasteiger partial charge in [0.25, 0.3) is 6.47 Å². The molecule has 0 spiro atoms. The Morgan fingerprint density at radius 1 is 1.05 bits per heavy atom. The first kappa shape index (κ1) is 33.8. The molecule has 0 N–H and O–H groups in total. The smallest absolute Gasteiger partial charge is 0.416 e. The van der Waals surface area contributed by atoms with Gasteiger partial charge >= 0.3 is 12.1 Å². The molecule has 2 aromatic rings. The molecule has 0 aliphatic carbocycles. The fourth-order valence-electron chi connectivity index (χ4n) is 5.74. The fourth-order valence-corrected chi connectivity index (χ4v) is 5.74. The van der Waals surface area contributed by atoms with Crippen LogP contribution in [-0.4, -0.2) is 70.3 Å². The van der Waals surface area contributed by atoms with Gasteiger partial charge in [0, 0.05) is 50.4 Å². The van der Waals surface area contributed by atoms with Gasteiger partial charge in [-0.2, -0.15) is 13.2 Å². The number of alkyl halides is 3. The summed E-state index contributed by atoms with van der Waals surface area (Å²) in [6, 6.07) is 8.69. The Bertz CT molecular complexity index is 1390. The number of allylic oxidation sites excluding steroid dienone is 1. The zero-order valence-corrected chi connectivity index (χ0v) is 25.6. The number of methoxy groups -OCH3 is 3. The Hall–Kier alpha value is -3.70. The second kappa shape index (κ2) is 14.2. The normalized spacial score (nSPS) is 17.2. The van der Waals surface area contributed by atoms with E-state index in [1.54, 1.807) is 14.2 Å². The first-order chi connectivity index (χ1) is 20.0. The highest BCUT2D eigenvalue weighted by atomic mass is 35.5. The van der Waals surface area contributed by atoms with E-state index >= 15 is 0 Å². The molecule has 4 rings (SSSR count). The lowest BCUT2D eigenvalue weighted by Crippen LogP contribution is -2.36. The van der Waals surface area contributed by atoms with Crippen molar-refractivity contribution in [1.29, 1.82) is 0 Å². The van der Waals surface area contributed by atoms with Crippen molar-refractivity contribution in [2.24, 2.45) is 0 Å². The largest absolute Gasteiger partial charge is 0.493 e. The van der Waals surface area contributed by atoms with E-state index in [1.807, 2.05) is 31.0 Å². The van der Waals surface area contributed by atoms with Gasteiger partial charge in [-0.1, -0.05) is 12.1 Å². The van der Waals surface area contributed by atoms with Crippen LogP contribution in [0.4, 0.5) is 13.2 Å². The zero-order chi connectivity index (χ0) is 30.6. The quantitative estimate of drug-likeness (QED) is 0.254. The molecule has 43 heavy (non-hydrogen) atoms. The number of benzene rings is 2. The van der Waals surface area contributed by atoms with Crippen molar-refractivity contribution in [3.8, 4) is 11.5 Å². The number of halogens is 4. The Morgan fingerprint density at radius 2 is 1.67 bits per heavy atom. The van der Waals surface area contributed by atoms with Crippen molar-refractivity contribution in [3.63, 3.8) is 0 Å². The third-order valence-electron chi connectivity index (χ3n) is 8.07. The molecule has 0 bridgehead atoms. The zero-order valence-electron chi connectivity index (χ0n) is 24.7. The summed E-state index contributed by atoms with van der Waals surface area (Å²) in [4.78, 5) is 28.6. The first-order valence-electron chi connectivity index (χ1n) is 13.5. The maximum absolute atomic E-state index is 13.3. The van der Waals surface area contributed by atoms with Crippen molar-refractivity contribution >= 4 is 24.8 Å². The van der Waals surface area contributed by atoms with Crippen LogP contribution in [0.5, 0.6) is 11.5 Å². The average molecular weight is 625 g/mol. The minimum atomic E-state index is -4.51. The average Bonchev–Trinajstić information content (AvgIpc) is 2.99. The molecule has 2 heterocycles. The van der Waals surface area contributed by atoms with Crippen LogP contribution in [0.2, 0.25) is 0 Å². The van der Waals surface area contributed by atoms with E-state index in [2.05, 4.69) is 4.90 Å². The van der Waals surface area contributed by atoms with E-state index in [0.717, 1.165) is 36.4 Å². The second-order valence-corrected chi connectivity index (χ2v) is 10.2. The van der Waals surface area contributed by atoms with E-state index < -0.39 is 23.6 Å². The third-order valence-corrected chi connectivity index (χ3v) is 8.07. The number of carbonyl (C=O) groups is 2. The summed E-state index contributed by atoms with van der Waals surface area (Å²) in [5.41, 5.74) is 4.31. The number of nitrogens with zero attached hydrogens (tertiary/aromatic N) is 2. The van der Waals surface area contributed by atoms with Gasteiger partial charge in [0.15, 0.2) is 11.5 Å². The van der Waals surface area contributed by atoms with Gasteiger partial charge in [-0.15, -0.1) is 12.4 Å². The Labute approximate surface area is 255 Å². The van der Waals surface area contributed by atoms with Crippen LogP contribution < -0.4 is 9.47 Å². The predicted molar refractivity (Wildman–Crippen MR) is 156 cm³/mol. The number of hydrogen-bond acceptors (Lipinski definition) is 8. The minimum Gasteiger partial charge on any atom is -0.493 e. The van der Waals surface area contributed by atoms with Crippen molar-refractivity contribution in [2.45, 2.75) is 38.4 Å². The van der Waals surface area contributed by atoms with Crippen LogP contribution in [0.1, 0.15) is 41.5 Å². The van der Waals surface area contributed by atoms with Gasteiger partial charge in [0.1, 0.15) is 6.61 Å². The van der Waals surface area contributed by atoms with Gasteiger partial charge in [0.05, 0.1) is 32.5 Å². The SMILES string of the molecule is COC(=O)C1=C(CCN2CCc3cc(OC)c(OC)cc3C2)N(C)C(C)=C(COC=O)C1c1ccc(C(F)(F)F)cc1.Cl. The molecule has 0 saturated carbocycles. The van der Waals surface area contributed by atoms with E-state index in [1.165, 1.54) is 24.8 Å². The van der Waals surface area contributed by atoms with Crippen LogP contribution in [0.15, 0.2) is 58.9 Å². The lowest BCUT2D eigenvalue weighted by molar-refractivity contribution is -0.138. The Balaban J connectivity index is 0.00000506. The van der Waals surface area contributed by atoms with Gasteiger partial charge in [-0.3, -0.25) is 9.69 Å². The fraction of sp³-hybridized carbons (Fsp3) is 0.419. The van der Waals surface area contributed by atoms with Crippen LogP contribution >= 0.6 is 12.4 Å². The van der Waals surface area contributed by atoms with Crippen LogP contribution in [0, 0.1) is 0 Å². The number of rotatable bonds is 10. The summed E-state index contributed by atoms with van der Waals surface area (Å²) >= 11 is 0. The molecule has 0 fully saturated rings. The second-order valence-electron chi connectivity index (χ2n) is 10.2. The monoisotopic (exact) mass is 624 g/mol. The molecule has 0 amide bonds. The van der Waals surface area contributed by atoms with Crippen molar-refractivity contribution < 1.29 is 41.7 Å². The molecular formula is C31H36ClF3N2O6. The maximum atomic E-state index is 13.3. The van der Waals surface area contributed by atoms with Gasteiger partial charge in [0.2, 0.25) is 0 Å². The third kappa shape index (κ3) is 7.10. The minimum absolute atomic E-state index is 0. The Morgan fingerprint density at radius 3 is 2.23 bits per heavy atom. The van der Waals surface area contributed by atoms with Crippen molar-refractivity contribution in [2.75, 3.05) is 48.1 Å².